The molecule has 0 aliphatic carbocycles. The van der Waals surface area contributed by atoms with E-state index in [0.29, 0.717) is 0 Å². The highest BCUT2D eigenvalue weighted by molar-refractivity contribution is 5.44. The summed E-state index contributed by atoms with van der Waals surface area (Å²) in [6.07, 6.45) is 0. The fraction of sp³-hybridized carbons (Fsp3) is 0.333. The van der Waals surface area contributed by atoms with Gasteiger partial charge in [-0.2, -0.15) is 0 Å². The van der Waals surface area contributed by atoms with Gasteiger partial charge >= 0.3 is 0 Å². The molecule has 0 spiro atoms. The van der Waals surface area contributed by atoms with Gasteiger partial charge in [0, 0.05) is 12.7 Å². The van der Waals surface area contributed by atoms with E-state index < -0.39 is 0 Å². The number of benzene rings is 1. The van der Waals surface area contributed by atoms with Gasteiger partial charge < -0.3 is 14.6 Å². The molecule has 0 aliphatic heterocycles. The SMILES string of the molecule is COCOc1cc(C#CCO)ccc1C. The number of aliphatic hydroxyl groups excluding tert-OH is 1. The normalized spacial score (nSPS) is 9.27. The third-order valence-electron chi connectivity index (χ3n) is 1.83. The van der Waals surface area contributed by atoms with E-state index in [2.05, 4.69) is 11.8 Å². The summed E-state index contributed by atoms with van der Waals surface area (Å²) < 4.78 is 10.2. The predicted molar refractivity (Wildman–Crippen MR) is 57.6 cm³/mol. The lowest BCUT2D eigenvalue weighted by Gasteiger charge is -2.07. The molecular weight excluding hydrogens is 192 g/mol. The standard InChI is InChI=1S/C12H14O3/c1-10-5-6-11(4-3-7-13)8-12(10)15-9-14-2/h5-6,8,13H,7,9H2,1-2H3. The molecule has 1 N–H and O–H groups in total. The Balaban J connectivity index is 2.84. The number of ether oxygens (including phenoxy) is 2. The van der Waals surface area contributed by atoms with Crippen LogP contribution in [0, 0.1) is 18.8 Å². The number of rotatable bonds is 3. The summed E-state index contributed by atoms with van der Waals surface area (Å²) in [7, 11) is 1.57. The van der Waals surface area contributed by atoms with Crippen LogP contribution in [0.5, 0.6) is 5.75 Å². The Morgan fingerprint density at radius 2 is 2.20 bits per heavy atom. The van der Waals surface area contributed by atoms with Crippen molar-refractivity contribution in [3.05, 3.63) is 29.3 Å². The molecular formula is C12H14O3. The smallest absolute Gasteiger partial charge is 0.188 e. The van der Waals surface area contributed by atoms with Crippen LogP contribution in [0.25, 0.3) is 0 Å². The molecule has 0 aromatic heterocycles. The van der Waals surface area contributed by atoms with Crippen LogP contribution in [0.4, 0.5) is 0 Å². The second-order valence-corrected chi connectivity index (χ2v) is 2.99. The van der Waals surface area contributed by atoms with E-state index in [1.807, 2.05) is 25.1 Å². The fourth-order valence-corrected chi connectivity index (χ4v) is 1.10. The van der Waals surface area contributed by atoms with Crippen LogP contribution in [0.2, 0.25) is 0 Å². The van der Waals surface area contributed by atoms with E-state index in [1.165, 1.54) is 0 Å². The molecule has 3 heteroatoms. The van der Waals surface area contributed by atoms with Crippen molar-refractivity contribution in [1.82, 2.24) is 0 Å². The molecule has 0 radical (unpaired) electrons. The van der Waals surface area contributed by atoms with Crippen LogP contribution in [-0.4, -0.2) is 25.6 Å². The summed E-state index contributed by atoms with van der Waals surface area (Å²) in [5, 5.41) is 8.57. The summed E-state index contributed by atoms with van der Waals surface area (Å²) in [5.41, 5.74) is 1.85. The van der Waals surface area contributed by atoms with Crippen LogP contribution in [-0.2, 0) is 4.74 Å². The van der Waals surface area contributed by atoms with E-state index in [9.17, 15) is 0 Å². The Morgan fingerprint density at radius 3 is 2.87 bits per heavy atom. The Bertz CT molecular complexity index is 374. The van der Waals surface area contributed by atoms with Gasteiger partial charge in [-0.3, -0.25) is 0 Å². The van der Waals surface area contributed by atoms with Crippen molar-refractivity contribution in [2.45, 2.75) is 6.92 Å². The molecule has 1 aromatic carbocycles. The average molecular weight is 206 g/mol. The number of aliphatic hydroxyl groups is 1. The van der Waals surface area contributed by atoms with Crippen molar-refractivity contribution in [3.8, 4) is 17.6 Å². The largest absolute Gasteiger partial charge is 0.467 e. The molecule has 3 nitrogen and oxygen atoms in total. The third kappa shape index (κ3) is 3.62. The van der Waals surface area contributed by atoms with Gasteiger partial charge in [-0.25, -0.2) is 0 Å². The summed E-state index contributed by atoms with van der Waals surface area (Å²) in [6, 6.07) is 5.64. The highest BCUT2D eigenvalue weighted by Gasteiger charge is 1.99. The lowest BCUT2D eigenvalue weighted by atomic mass is 10.1. The summed E-state index contributed by atoms with van der Waals surface area (Å²) in [6.45, 7) is 2.04. The van der Waals surface area contributed by atoms with E-state index in [-0.39, 0.29) is 13.4 Å². The number of methoxy groups -OCH3 is 1. The summed E-state index contributed by atoms with van der Waals surface area (Å²) in [5.74, 6) is 6.16. The third-order valence-corrected chi connectivity index (χ3v) is 1.83. The number of aryl methyl sites for hydroxylation is 1. The lowest BCUT2D eigenvalue weighted by Crippen LogP contribution is -2.00. The quantitative estimate of drug-likeness (QED) is 0.599. The second-order valence-electron chi connectivity index (χ2n) is 2.99. The first-order valence-electron chi connectivity index (χ1n) is 4.60. The van der Waals surface area contributed by atoms with Gasteiger partial charge in [-0.05, 0) is 24.6 Å². The highest BCUT2D eigenvalue weighted by atomic mass is 16.7. The summed E-state index contributed by atoms with van der Waals surface area (Å²) >= 11 is 0. The molecule has 1 aromatic rings. The Hall–Kier alpha value is -1.50. The molecule has 0 bridgehead atoms. The van der Waals surface area contributed by atoms with Crippen molar-refractivity contribution < 1.29 is 14.6 Å². The minimum Gasteiger partial charge on any atom is -0.467 e. The van der Waals surface area contributed by atoms with Gasteiger partial charge in [0.2, 0.25) is 0 Å². The van der Waals surface area contributed by atoms with Gasteiger partial charge in [0.05, 0.1) is 0 Å². The topological polar surface area (TPSA) is 38.7 Å². The molecule has 0 saturated carbocycles. The zero-order valence-corrected chi connectivity index (χ0v) is 8.91. The van der Waals surface area contributed by atoms with Crippen molar-refractivity contribution in [2.24, 2.45) is 0 Å². The van der Waals surface area contributed by atoms with Crippen LogP contribution in [0.1, 0.15) is 11.1 Å². The van der Waals surface area contributed by atoms with Crippen LogP contribution >= 0.6 is 0 Å². The molecule has 0 aliphatic rings. The van der Waals surface area contributed by atoms with Gasteiger partial charge in [-0.15, -0.1) is 0 Å². The van der Waals surface area contributed by atoms with E-state index in [0.717, 1.165) is 16.9 Å². The average Bonchev–Trinajstić information content (AvgIpc) is 2.26. The van der Waals surface area contributed by atoms with Crippen molar-refractivity contribution in [1.29, 1.82) is 0 Å². The monoisotopic (exact) mass is 206 g/mol. The maximum atomic E-state index is 8.57. The minimum atomic E-state index is -0.137. The van der Waals surface area contributed by atoms with E-state index in [4.69, 9.17) is 14.6 Å². The zero-order valence-electron chi connectivity index (χ0n) is 8.91. The number of hydrogen-bond acceptors (Lipinski definition) is 3. The van der Waals surface area contributed by atoms with E-state index in [1.54, 1.807) is 7.11 Å². The minimum absolute atomic E-state index is 0.137. The molecule has 0 heterocycles. The van der Waals surface area contributed by atoms with Gasteiger partial charge in [-0.1, -0.05) is 17.9 Å². The second kappa shape index (κ2) is 6.07. The van der Waals surface area contributed by atoms with Crippen LogP contribution < -0.4 is 4.74 Å². The van der Waals surface area contributed by atoms with E-state index >= 15 is 0 Å². The molecule has 0 atom stereocenters. The van der Waals surface area contributed by atoms with Crippen molar-refractivity contribution >= 4 is 0 Å². The van der Waals surface area contributed by atoms with Gasteiger partial charge in [0.1, 0.15) is 12.4 Å². The molecule has 15 heavy (non-hydrogen) atoms. The van der Waals surface area contributed by atoms with Crippen LogP contribution in [0.15, 0.2) is 18.2 Å². The molecule has 0 unspecified atom stereocenters. The summed E-state index contributed by atoms with van der Waals surface area (Å²) in [4.78, 5) is 0. The van der Waals surface area contributed by atoms with Crippen molar-refractivity contribution in [2.75, 3.05) is 20.5 Å². The molecule has 0 saturated heterocycles. The molecule has 1 rings (SSSR count). The first kappa shape index (κ1) is 11.6. The fourth-order valence-electron chi connectivity index (χ4n) is 1.10. The maximum Gasteiger partial charge on any atom is 0.188 e. The zero-order chi connectivity index (χ0) is 11.1. The van der Waals surface area contributed by atoms with Gasteiger partial charge in [0.15, 0.2) is 6.79 Å². The first-order chi connectivity index (χ1) is 7.27. The lowest BCUT2D eigenvalue weighted by molar-refractivity contribution is 0.0506. The van der Waals surface area contributed by atoms with Gasteiger partial charge in [0.25, 0.3) is 0 Å². The Labute approximate surface area is 89.6 Å². The van der Waals surface area contributed by atoms with Crippen LogP contribution in [0.3, 0.4) is 0 Å². The molecule has 0 amide bonds. The molecule has 80 valence electrons. The number of hydrogen-bond donors (Lipinski definition) is 1. The Morgan fingerprint density at radius 1 is 1.40 bits per heavy atom. The maximum absolute atomic E-state index is 8.57. The highest BCUT2D eigenvalue weighted by Crippen LogP contribution is 2.18. The first-order valence-corrected chi connectivity index (χ1v) is 4.60. The predicted octanol–water partition coefficient (Wildman–Crippen LogP) is 1.32. The molecule has 0 fully saturated rings. The van der Waals surface area contributed by atoms with Crippen molar-refractivity contribution in [3.63, 3.8) is 0 Å². The Kier molecular flexibility index (Phi) is 4.69.